The van der Waals surface area contributed by atoms with Crippen molar-refractivity contribution in [2.45, 2.75) is 24.7 Å². The first-order valence-corrected chi connectivity index (χ1v) is 9.73. The SMILES string of the molecule is CCCC[NH3+].CN(C)c1ccc(N=Nc2ccc(S(=O)(=O)[O-])cc2)cc1. The second kappa shape index (κ2) is 10.6. The molecule has 0 aliphatic rings. The summed E-state index contributed by atoms with van der Waals surface area (Å²) in [7, 11) is -0.533. The summed E-state index contributed by atoms with van der Waals surface area (Å²) in [6, 6.07) is 12.8. The number of nitrogens with zero attached hydrogens (tertiary/aromatic N) is 3. The van der Waals surface area contributed by atoms with Gasteiger partial charge < -0.3 is 15.2 Å². The minimum atomic E-state index is -4.43. The molecule has 0 spiro atoms. The van der Waals surface area contributed by atoms with E-state index < -0.39 is 10.1 Å². The minimum Gasteiger partial charge on any atom is -0.744 e. The Hall–Kier alpha value is -2.29. The molecule has 0 aromatic heterocycles. The van der Waals surface area contributed by atoms with Crippen LogP contribution in [0.3, 0.4) is 0 Å². The third-order valence-electron chi connectivity index (χ3n) is 3.38. The first-order chi connectivity index (χ1) is 12.3. The zero-order chi connectivity index (χ0) is 19.6. The highest BCUT2D eigenvalue weighted by atomic mass is 32.2. The molecule has 0 heterocycles. The van der Waals surface area contributed by atoms with E-state index >= 15 is 0 Å². The van der Waals surface area contributed by atoms with Crippen molar-refractivity contribution < 1.29 is 18.7 Å². The standard InChI is InChI=1S/C14H15N3O3S.C4H11N/c1-17(2)13-7-3-11(4-8-13)15-16-12-5-9-14(10-6-12)21(18,19)20;1-2-3-4-5/h3-10H,1-2H3,(H,18,19,20);2-5H2,1H3. The van der Waals surface area contributed by atoms with Crippen molar-refractivity contribution in [3.05, 3.63) is 48.5 Å². The topological polar surface area (TPSA) is 113 Å². The van der Waals surface area contributed by atoms with Gasteiger partial charge in [-0.2, -0.15) is 10.2 Å². The van der Waals surface area contributed by atoms with Gasteiger partial charge in [-0.05, 0) is 55.0 Å². The van der Waals surface area contributed by atoms with Gasteiger partial charge in [-0.15, -0.1) is 0 Å². The van der Waals surface area contributed by atoms with Crippen LogP contribution < -0.4 is 10.6 Å². The third kappa shape index (κ3) is 7.73. The summed E-state index contributed by atoms with van der Waals surface area (Å²) in [5.74, 6) is 0. The molecule has 2 rings (SSSR count). The quantitative estimate of drug-likeness (QED) is 0.614. The lowest BCUT2D eigenvalue weighted by Crippen LogP contribution is -2.49. The van der Waals surface area contributed by atoms with Crippen molar-refractivity contribution >= 4 is 27.2 Å². The highest BCUT2D eigenvalue weighted by Crippen LogP contribution is 2.22. The van der Waals surface area contributed by atoms with Crippen molar-refractivity contribution in [2.24, 2.45) is 10.2 Å². The van der Waals surface area contributed by atoms with E-state index in [-0.39, 0.29) is 4.90 Å². The number of unbranched alkanes of at least 4 members (excludes halogenated alkanes) is 1. The Bertz CT molecular complexity index is 784. The monoisotopic (exact) mass is 378 g/mol. The van der Waals surface area contributed by atoms with Gasteiger partial charge in [0.05, 0.1) is 22.8 Å². The molecule has 2 aromatic carbocycles. The van der Waals surface area contributed by atoms with Crippen LogP contribution >= 0.6 is 0 Å². The molecule has 0 unspecified atom stereocenters. The number of hydrogen-bond acceptors (Lipinski definition) is 6. The van der Waals surface area contributed by atoms with Gasteiger partial charge in [-0.25, -0.2) is 8.42 Å². The first-order valence-electron chi connectivity index (χ1n) is 8.32. The molecular weight excluding hydrogens is 352 g/mol. The number of benzene rings is 2. The van der Waals surface area contributed by atoms with Crippen LogP contribution in [0.1, 0.15) is 19.8 Å². The maximum absolute atomic E-state index is 10.8. The van der Waals surface area contributed by atoms with Crippen LogP contribution in [0.25, 0.3) is 0 Å². The lowest BCUT2D eigenvalue weighted by molar-refractivity contribution is -0.368. The van der Waals surface area contributed by atoms with Gasteiger partial charge in [0.25, 0.3) is 0 Å². The van der Waals surface area contributed by atoms with Crippen LogP contribution in [0, 0.1) is 0 Å². The molecule has 0 saturated heterocycles. The summed E-state index contributed by atoms with van der Waals surface area (Å²) in [6.07, 6.45) is 2.56. The summed E-state index contributed by atoms with van der Waals surface area (Å²) in [6.45, 7) is 3.27. The molecule has 7 nitrogen and oxygen atoms in total. The predicted molar refractivity (Wildman–Crippen MR) is 102 cm³/mol. The largest absolute Gasteiger partial charge is 0.744 e. The van der Waals surface area contributed by atoms with E-state index in [9.17, 15) is 13.0 Å². The average Bonchev–Trinajstić information content (AvgIpc) is 2.61. The summed E-state index contributed by atoms with van der Waals surface area (Å²) in [5.41, 5.74) is 5.88. The van der Waals surface area contributed by atoms with E-state index in [1.165, 1.54) is 37.1 Å². The van der Waals surface area contributed by atoms with E-state index in [1.807, 2.05) is 43.3 Å². The Labute approximate surface area is 155 Å². The summed E-state index contributed by atoms with van der Waals surface area (Å²) < 4.78 is 32.4. The number of anilines is 1. The van der Waals surface area contributed by atoms with Crippen LogP contribution in [-0.2, 0) is 10.1 Å². The van der Waals surface area contributed by atoms with E-state index in [0.717, 1.165) is 12.2 Å². The van der Waals surface area contributed by atoms with Gasteiger partial charge in [-0.1, -0.05) is 13.3 Å². The van der Waals surface area contributed by atoms with Crippen molar-refractivity contribution in [1.29, 1.82) is 0 Å². The molecule has 0 atom stereocenters. The summed E-state index contributed by atoms with van der Waals surface area (Å²) >= 11 is 0. The lowest BCUT2D eigenvalue weighted by Gasteiger charge is -2.11. The number of hydrogen-bond donors (Lipinski definition) is 1. The molecule has 2 aromatic rings. The fraction of sp³-hybridized carbons (Fsp3) is 0.333. The fourth-order valence-corrected chi connectivity index (χ4v) is 2.33. The highest BCUT2D eigenvalue weighted by Gasteiger charge is 2.00. The predicted octanol–water partition coefficient (Wildman–Crippen LogP) is 3.10. The lowest BCUT2D eigenvalue weighted by atomic mass is 10.3. The Morgan fingerprint density at radius 3 is 1.73 bits per heavy atom. The second-order valence-corrected chi connectivity index (χ2v) is 7.15. The van der Waals surface area contributed by atoms with Crippen LogP contribution in [0.5, 0.6) is 0 Å². The molecule has 0 aliphatic heterocycles. The zero-order valence-electron chi connectivity index (χ0n) is 15.4. The van der Waals surface area contributed by atoms with Crippen LogP contribution in [0.4, 0.5) is 17.1 Å². The smallest absolute Gasteiger partial charge is 0.124 e. The second-order valence-electron chi connectivity index (χ2n) is 5.77. The van der Waals surface area contributed by atoms with Gasteiger partial charge in [0.2, 0.25) is 0 Å². The molecule has 8 heteroatoms. The highest BCUT2D eigenvalue weighted by molar-refractivity contribution is 7.85. The molecular formula is C18H26N4O3S. The maximum atomic E-state index is 10.8. The number of quaternary nitrogens is 1. The van der Waals surface area contributed by atoms with Crippen LogP contribution in [-0.4, -0.2) is 33.6 Å². The van der Waals surface area contributed by atoms with Crippen molar-refractivity contribution in [3.8, 4) is 0 Å². The molecule has 0 saturated carbocycles. The number of rotatable bonds is 6. The van der Waals surface area contributed by atoms with Gasteiger partial charge in [-0.3, -0.25) is 0 Å². The maximum Gasteiger partial charge on any atom is 0.124 e. The Morgan fingerprint density at radius 1 is 0.962 bits per heavy atom. The molecule has 0 radical (unpaired) electrons. The first kappa shape index (κ1) is 21.8. The van der Waals surface area contributed by atoms with Gasteiger partial charge >= 0.3 is 0 Å². The molecule has 3 N–H and O–H groups in total. The van der Waals surface area contributed by atoms with Crippen LogP contribution in [0.2, 0.25) is 0 Å². The minimum absolute atomic E-state index is 0.281. The normalized spacial score (nSPS) is 11.1. The molecule has 0 amide bonds. The fourth-order valence-electron chi connectivity index (χ4n) is 1.86. The average molecular weight is 378 g/mol. The molecule has 142 valence electrons. The summed E-state index contributed by atoms with van der Waals surface area (Å²) in [4.78, 5) is 1.69. The van der Waals surface area contributed by atoms with Gasteiger partial charge in [0.15, 0.2) is 0 Å². The van der Waals surface area contributed by atoms with Crippen molar-refractivity contribution in [3.63, 3.8) is 0 Å². The third-order valence-corrected chi connectivity index (χ3v) is 4.23. The Kier molecular flexibility index (Phi) is 8.91. The van der Waals surface area contributed by atoms with Gasteiger partial charge in [0, 0.05) is 19.8 Å². The molecule has 0 aliphatic carbocycles. The number of azo groups is 1. The molecule has 26 heavy (non-hydrogen) atoms. The van der Waals surface area contributed by atoms with Crippen molar-refractivity contribution in [1.82, 2.24) is 0 Å². The van der Waals surface area contributed by atoms with Crippen molar-refractivity contribution in [2.75, 3.05) is 25.5 Å². The zero-order valence-corrected chi connectivity index (χ0v) is 16.2. The van der Waals surface area contributed by atoms with Gasteiger partial charge in [0.1, 0.15) is 10.1 Å². The molecule has 0 bridgehead atoms. The van der Waals surface area contributed by atoms with E-state index in [2.05, 4.69) is 22.9 Å². The van der Waals surface area contributed by atoms with Crippen LogP contribution in [0.15, 0.2) is 63.7 Å². The Balaban J connectivity index is 0.000000597. The van der Waals surface area contributed by atoms with E-state index in [1.54, 1.807) is 0 Å². The Morgan fingerprint density at radius 2 is 1.42 bits per heavy atom. The molecule has 0 fully saturated rings. The van der Waals surface area contributed by atoms with E-state index in [0.29, 0.717) is 11.4 Å². The van der Waals surface area contributed by atoms with E-state index in [4.69, 9.17) is 0 Å². The summed E-state index contributed by atoms with van der Waals surface area (Å²) in [5, 5.41) is 8.04.